The summed E-state index contributed by atoms with van der Waals surface area (Å²) in [7, 11) is 3.38. The number of ether oxygens (including phenoxy) is 2. The van der Waals surface area contributed by atoms with Crippen molar-refractivity contribution in [1.29, 1.82) is 0 Å². The van der Waals surface area contributed by atoms with E-state index >= 15 is 0 Å². The lowest BCUT2D eigenvalue weighted by Crippen LogP contribution is -2.20. The first-order valence-electron chi connectivity index (χ1n) is 9.10. The molecule has 0 aliphatic carbocycles. The van der Waals surface area contributed by atoms with Crippen molar-refractivity contribution in [2.45, 2.75) is 12.3 Å². The van der Waals surface area contributed by atoms with Crippen molar-refractivity contribution in [3.05, 3.63) is 71.3 Å². The molecule has 1 unspecified atom stereocenters. The predicted molar refractivity (Wildman–Crippen MR) is 109 cm³/mol. The first kappa shape index (κ1) is 22.0. The van der Waals surface area contributed by atoms with Crippen LogP contribution in [0.2, 0.25) is 0 Å². The van der Waals surface area contributed by atoms with E-state index in [2.05, 4.69) is 47.8 Å². The standard InChI is InChI=1S/C18H21NO2.C4H4O4/c1-20-17-10-14-8-9-19-12-16(13-6-4-3-5-7-13)15(14)11-18(17)21-2;5-3(6)1-2-4(7)8/h3-7,10-11,16,19H,8-9,12H2,1-2H3;1-2H,(H,5,6)(H,7,8). The van der Waals surface area contributed by atoms with Gasteiger partial charge in [0.25, 0.3) is 0 Å². The molecule has 3 rings (SSSR count). The van der Waals surface area contributed by atoms with E-state index in [1.54, 1.807) is 14.2 Å². The molecule has 3 N–H and O–H groups in total. The SMILES string of the molecule is COc1cc2c(cc1OC)C(c1ccccc1)CNCC2.O=C(O)C=CC(=O)O. The monoisotopic (exact) mass is 399 g/mol. The summed E-state index contributed by atoms with van der Waals surface area (Å²) in [5.41, 5.74) is 4.01. The molecule has 2 aromatic rings. The highest BCUT2D eigenvalue weighted by Crippen LogP contribution is 2.37. The van der Waals surface area contributed by atoms with Gasteiger partial charge < -0.3 is 25.0 Å². The second kappa shape index (κ2) is 10.9. The summed E-state index contributed by atoms with van der Waals surface area (Å²) < 4.78 is 10.9. The molecule has 0 aromatic heterocycles. The van der Waals surface area contributed by atoms with Crippen LogP contribution < -0.4 is 14.8 Å². The lowest BCUT2D eigenvalue weighted by molar-refractivity contribution is -0.134. The third kappa shape index (κ3) is 6.36. The molecule has 1 atom stereocenters. The summed E-state index contributed by atoms with van der Waals surface area (Å²) in [5, 5.41) is 19.2. The fourth-order valence-electron chi connectivity index (χ4n) is 3.18. The molecule has 0 amide bonds. The van der Waals surface area contributed by atoms with Gasteiger partial charge >= 0.3 is 11.9 Å². The lowest BCUT2D eigenvalue weighted by atomic mass is 9.88. The van der Waals surface area contributed by atoms with Crippen LogP contribution in [0, 0.1) is 0 Å². The van der Waals surface area contributed by atoms with Crippen molar-refractivity contribution in [1.82, 2.24) is 5.32 Å². The van der Waals surface area contributed by atoms with Crippen LogP contribution in [0.1, 0.15) is 22.6 Å². The topological polar surface area (TPSA) is 105 Å². The molecule has 29 heavy (non-hydrogen) atoms. The third-order valence-electron chi connectivity index (χ3n) is 4.51. The summed E-state index contributed by atoms with van der Waals surface area (Å²) in [4.78, 5) is 19.1. The van der Waals surface area contributed by atoms with Crippen LogP contribution in [-0.2, 0) is 16.0 Å². The predicted octanol–water partition coefficient (Wildman–Crippen LogP) is 2.69. The van der Waals surface area contributed by atoms with Crippen molar-refractivity contribution in [3.63, 3.8) is 0 Å². The third-order valence-corrected chi connectivity index (χ3v) is 4.51. The Kier molecular flexibility index (Phi) is 8.24. The average Bonchev–Trinajstić information content (AvgIpc) is 2.94. The fourth-order valence-corrected chi connectivity index (χ4v) is 3.18. The molecule has 1 aliphatic heterocycles. The Labute approximate surface area is 169 Å². The summed E-state index contributed by atoms with van der Waals surface area (Å²) >= 11 is 0. The normalized spacial score (nSPS) is 15.4. The van der Waals surface area contributed by atoms with Gasteiger partial charge in [-0.3, -0.25) is 0 Å². The highest BCUT2D eigenvalue weighted by atomic mass is 16.5. The Bertz CT molecular complexity index is 847. The van der Waals surface area contributed by atoms with Gasteiger partial charge in [-0.1, -0.05) is 30.3 Å². The second-order valence-corrected chi connectivity index (χ2v) is 6.33. The second-order valence-electron chi connectivity index (χ2n) is 6.33. The number of nitrogens with one attached hydrogen (secondary N) is 1. The molecule has 7 nitrogen and oxygen atoms in total. The number of carbonyl (C=O) groups is 2. The van der Waals surface area contributed by atoms with E-state index in [4.69, 9.17) is 19.7 Å². The van der Waals surface area contributed by atoms with Crippen LogP contribution >= 0.6 is 0 Å². The van der Waals surface area contributed by atoms with Gasteiger partial charge in [-0.2, -0.15) is 0 Å². The number of fused-ring (bicyclic) bond motifs is 1. The van der Waals surface area contributed by atoms with Crippen LogP contribution in [0.15, 0.2) is 54.6 Å². The minimum Gasteiger partial charge on any atom is -0.493 e. The smallest absolute Gasteiger partial charge is 0.328 e. The quantitative estimate of drug-likeness (QED) is 0.664. The van der Waals surface area contributed by atoms with Gasteiger partial charge in [0.15, 0.2) is 11.5 Å². The Morgan fingerprint density at radius 3 is 2.14 bits per heavy atom. The average molecular weight is 399 g/mol. The van der Waals surface area contributed by atoms with Gasteiger partial charge in [-0.25, -0.2) is 9.59 Å². The van der Waals surface area contributed by atoms with E-state index in [1.807, 2.05) is 0 Å². The Hall–Kier alpha value is -3.32. The highest BCUT2D eigenvalue weighted by Gasteiger charge is 2.22. The molecule has 0 saturated heterocycles. The Morgan fingerprint density at radius 1 is 1.00 bits per heavy atom. The van der Waals surface area contributed by atoms with E-state index in [0.717, 1.165) is 31.0 Å². The van der Waals surface area contributed by atoms with Crippen molar-refractivity contribution in [2.24, 2.45) is 0 Å². The zero-order valence-corrected chi connectivity index (χ0v) is 16.4. The van der Waals surface area contributed by atoms with Gasteiger partial charge in [0, 0.05) is 24.6 Å². The van der Waals surface area contributed by atoms with Gasteiger partial charge in [0.05, 0.1) is 14.2 Å². The maximum atomic E-state index is 9.55. The van der Waals surface area contributed by atoms with Gasteiger partial charge in [-0.15, -0.1) is 0 Å². The van der Waals surface area contributed by atoms with Crippen molar-refractivity contribution >= 4 is 11.9 Å². The molecule has 0 bridgehead atoms. The number of carboxylic acid groups (broad SMARTS) is 2. The molecular weight excluding hydrogens is 374 g/mol. The maximum Gasteiger partial charge on any atom is 0.328 e. The molecular formula is C22H25NO6. The molecule has 1 aliphatic rings. The highest BCUT2D eigenvalue weighted by molar-refractivity contribution is 5.89. The van der Waals surface area contributed by atoms with Crippen LogP contribution in [0.25, 0.3) is 0 Å². The largest absolute Gasteiger partial charge is 0.493 e. The Balaban J connectivity index is 0.000000321. The number of carboxylic acids is 2. The molecule has 154 valence electrons. The first-order chi connectivity index (χ1) is 14.0. The molecule has 2 aromatic carbocycles. The van der Waals surface area contributed by atoms with Crippen molar-refractivity contribution in [3.8, 4) is 11.5 Å². The molecule has 0 spiro atoms. The number of hydrogen-bond donors (Lipinski definition) is 3. The summed E-state index contributed by atoms with van der Waals surface area (Å²) in [6.45, 7) is 1.94. The van der Waals surface area contributed by atoms with E-state index in [1.165, 1.54) is 16.7 Å². The molecule has 0 radical (unpaired) electrons. The minimum absolute atomic E-state index is 0.350. The number of aliphatic carboxylic acids is 2. The minimum atomic E-state index is -1.26. The van der Waals surface area contributed by atoms with Crippen LogP contribution in [-0.4, -0.2) is 49.5 Å². The maximum absolute atomic E-state index is 9.55. The van der Waals surface area contributed by atoms with Gasteiger partial charge in [-0.05, 0) is 41.8 Å². The molecule has 0 saturated carbocycles. The van der Waals surface area contributed by atoms with Crippen LogP contribution in [0.5, 0.6) is 11.5 Å². The summed E-state index contributed by atoms with van der Waals surface area (Å²) in [6.07, 6.45) is 2.13. The number of methoxy groups -OCH3 is 2. The summed E-state index contributed by atoms with van der Waals surface area (Å²) in [6, 6.07) is 14.9. The van der Waals surface area contributed by atoms with E-state index < -0.39 is 11.9 Å². The number of hydrogen-bond acceptors (Lipinski definition) is 5. The van der Waals surface area contributed by atoms with E-state index in [-0.39, 0.29) is 0 Å². The molecule has 0 fully saturated rings. The van der Waals surface area contributed by atoms with Crippen molar-refractivity contribution in [2.75, 3.05) is 27.3 Å². The Morgan fingerprint density at radius 2 is 1.59 bits per heavy atom. The molecule has 1 heterocycles. The van der Waals surface area contributed by atoms with Gasteiger partial charge in [0.2, 0.25) is 0 Å². The first-order valence-corrected chi connectivity index (χ1v) is 9.10. The van der Waals surface area contributed by atoms with E-state index in [0.29, 0.717) is 18.1 Å². The fraction of sp³-hybridized carbons (Fsp3) is 0.273. The van der Waals surface area contributed by atoms with Crippen molar-refractivity contribution < 1.29 is 29.3 Å². The summed E-state index contributed by atoms with van der Waals surface area (Å²) in [5.74, 6) is -0.549. The van der Waals surface area contributed by atoms with Gasteiger partial charge in [0.1, 0.15) is 0 Å². The van der Waals surface area contributed by atoms with E-state index in [9.17, 15) is 9.59 Å². The zero-order valence-electron chi connectivity index (χ0n) is 16.4. The lowest BCUT2D eigenvalue weighted by Gasteiger charge is -2.20. The zero-order chi connectivity index (χ0) is 21.2. The number of rotatable bonds is 5. The number of benzene rings is 2. The van der Waals surface area contributed by atoms with Crippen LogP contribution in [0.4, 0.5) is 0 Å². The van der Waals surface area contributed by atoms with Crippen LogP contribution in [0.3, 0.4) is 0 Å². The molecule has 7 heteroatoms.